The first-order valence-electron chi connectivity index (χ1n) is 6.58. The maximum atomic E-state index is 13.3. The van der Waals surface area contributed by atoms with Gasteiger partial charge >= 0.3 is 0 Å². The van der Waals surface area contributed by atoms with Gasteiger partial charge in [0.05, 0.1) is 5.69 Å². The smallest absolute Gasteiger partial charge is 0.276 e. The molecule has 1 unspecified atom stereocenters. The molecule has 1 aromatic rings. The van der Waals surface area contributed by atoms with Gasteiger partial charge in [0.25, 0.3) is 5.91 Å². The summed E-state index contributed by atoms with van der Waals surface area (Å²) in [4.78, 5) is 15.7. The third-order valence-electron chi connectivity index (χ3n) is 3.30. The molecule has 0 radical (unpaired) electrons. The second kappa shape index (κ2) is 4.96. The van der Waals surface area contributed by atoms with E-state index in [2.05, 4.69) is 17.5 Å². The summed E-state index contributed by atoms with van der Waals surface area (Å²) in [5, 5.41) is 4.19. The average Bonchev–Trinajstić information content (AvgIpc) is 2.84. The van der Waals surface area contributed by atoms with E-state index in [1.807, 2.05) is 4.90 Å². The SMILES string of the molecule is CCCC1=NNC2C(=O)N(c3cccc(F)c3)C=CN12. The Bertz CT molecular complexity index is 599. The number of amides is 1. The topological polar surface area (TPSA) is 47.9 Å². The van der Waals surface area contributed by atoms with E-state index in [9.17, 15) is 9.18 Å². The van der Waals surface area contributed by atoms with Crippen LogP contribution in [-0.2, 0) is 4.79 Å². The fourth-order valence-electron chi connectivity index (χ4n) is 2.34. The van der Waals surface area contributed by atoms with Crippen molar-refractivity contribution in [3.63, 3.8) is 0 Å². The van der Waals surface area contributed by atoms with Crippen molar-refractivity contribution in [3.8, 4) is 0 Å². The zero-order chi connectivity index (χ0) is 14.1. The molecule has 0 spiro atoms. The highest BCUT2D eigenvalue weighted by molar-refractivity contribution is 6.03. The van der Waals surface area contributed by atoms with Gasteiger partial charge in [-0.1, -0.05) is 13.0 Å². The van der Waals surface area contributed by atoms with E-state index in [-0.39, 0.29) is 11.7 Å². The quantitative estimate of drug-likeness (QED) is 0.917. The number of hydrogen-bond donors (Lipinski definition) is 1. The molecule has 6 heteroatoms. The van der Waals surface area contributed by atoms with Crippen LogP contribution in [0.1, 0.15) is 19.8 Å². The zero-order valence-electron chi connectivity index (χ0n) is 11.1. The monoisotopic (exact) mass is 274 g/mol. The summed E-state index contributed by atoms with van der Waals surface area (Å²) in [7, 11) is 0. The van der Waals surface area contributed by atoms with Gasteiger partial charge in [0.15, 0.2) is 0 Å². The zero-order valence-corrected chi connectivity index (χ0v) is 11.1. The van der Waals surface area contributed by atoms with Gasteiger partial charge in [0, 0.05) is 18.8 Å². The lowest BCUT2D eigenvalue weighted by atomic mass is 10.2. The Hall–Kier alpha value is -2.37. The molecule has 2 aliphatic heterocycles. The lowest BCUT2D eigenvalue weighted by Gasteiger charge is -2.32. The molecule has 0 fully saturated rings. The van der Waals surface area contributed by atoms with Gasteiger partial charge in [-0.3, -0.25) is 15.1 Å². The molecule has 20 heavy (non-hydrogen) atoms. The van der Waals surface area contributed by atoms with Crippen LogP contribution < -0.4 is 10.3 Å². The molecule has 0 saturated heterocycles. The summed E-state index contributed by atoms with van der Waals surface area (Å²) in [5.41, 5.74) is 3.35. The number of amidine groups is 1. The van der Waals surface area contributed by atoms with Crippen molar-refractivity contribution in [1.29, 1.82) is 0 Å². The molecule has 0 aromatic heterocycles. The Labute approximate surface area is 116 Å². The molecule has 5 nitrogen and oxygen atoms in total. The van der Waals surface area contributed by atoms with Gasteiger partial charge in [0.2, 0.25) is 6.17 Å². The Morgan fingerprint density at radius 2 is 2.25 bits per heavy atom. The van der Waals surface area contributed by atoms with Gasteiger partial charge in [-0.15, -0.1) is 0 Å². The largest absolute Gasteiger partial charge is 0.303 e. The molecule has 0 aliphatic carbocycles. The van der Waals surface area contributed by atoms with Crippen LogP contribution in [0.25, 0.3) is 0 Å². The van der Waals surface area contributed by atoms with Crippen LogP contribution in [0, 0.1) is 5.82 Å². The van der Waals surface area contributed by atoms with Crippen molar-refractivity contribution < 1.29 is 9.18 Å². The Kier molecular flexibility index (Phi) is 3.14. The maximum Gasteiger partial charge on any atom is 0.276 e. The number of hydrazone groups is 1. The fourth-order valence-corrected chi connectivity index (χ4v) is 2.34. The number of anilines is 1. The number of hydrogen-bond acceptors (Lipinski definition) is 4. The highest BCUT2D eigenvalue weighted by Crippen LogP contribution is 2.24. The van der Waals surface area contributed by atoms with E-state index in [4.69, 9.17) is 0 Å². The van der Waals surface area contributed by atoms with Gasteiger partial charge < -0.3 is 4.90 Å². The van der Waals surface area contributed by atoms with Crippen LogP contribution in [0.2, 0.25) is 0 Å². The van der Waals surface area contributed by atoms with Crippen LogP contribution >= 0.6 is 0 Å². The third-order valence-corrected chi connectivity index (χ3v) is 3.30. The molecule has 0 saturated carbocycles. The van der Waals surface area contributed by atoms with E-state index in [1.54, 1.807) is 24.5 Å². The van der Waals surface area contributed by atoms with Crippen molar-refractivity contribution in [3.05, 3.63) is 42.5 Å². The summed E-state index contributed by atoms with van der Waals surface area (Å²) < 4.78 is 13.3. The highest BCUT2D eigenvalue weighted by Gasteiger charge is 2.37. The second-order valence-corrected chi connectivity index (χ2v) is 4.70. The Morgan fingerprint density at radius 1 is 1.40 bits per heavy atom. The standard InChI is InChI=1S/C14H15FN4O/c1-2-4-12-16-17-13-14(20)18(7-8-19(12)13)11-6-3-5-10(15)9-11/h3,5-9,13,17H,2,4H2,1H3. The molecule has 1 N–H and O–H groups in total. The summed E-state index contributed by atoms with van der Waals surface area (Å²) in [6.45, 7) is 2.06. The van der Waals surface area contributed by atoms with E-state index in [0.29, 0.717) is 5.69 Å². The van der Waals surface area contributed by atoms with E-state index >= 15 is 0 Å². The lowest BCUT2D eigenvalue weighted by molar-refractivity contribution is -0.122. The van der Waals surface area contributed by atoms with E-state index in [0.717, 1.165) is 18.7 Å². The summed E-state index contributed by atoms with van der Waals surface area (Å²) >= 11 is 0. The molecule has 1 aromatic carbocycles. The predicted octanol–water partition coefficient (Wildman–Crippen LogP) is 1.99. The minimum atomic E-state index is -0.537. The minimum absolute atomic E-state index is 0.173. The number of benzene rings is 1. The fraction of sp³-hybridized carbons (Fsp3) is 0.286. The van der Waals surface area contributed by atoms with E-state index in [1.165, 1.54) is 17.0 Å². The lowest BCUT2D eigenvalue weighted by Crippen LogP contribution is -2.52. The van der Waals surface area contributed by atoms with Crippen LogP contribution in [0.5, 0.6) is 0 Å². The number of fused-ring (bicyclic) bond motifs is 1. The van der Waals surface area contributed by atoms with Crippen molar-refractivity contribution in [1.82, 2.24) is 10.3 Å². The van der Waals surface area contributed by atoms with Crippen molar-refractivity contribution >= 4 is 17.4 Å². The summed E-state index contributed by atoms with van der Waals surface area (Å²) in [5.74, 6) is 0.308. The predicted molar refractivity (Wildman–Crippen MR) is 74.1 cm³/mol. The van der Waals surface area contributed by atoms with Crippen molar-refractivity contribution in [2.45, 2.75) is 25.9 Å². The molecule has 2 heterocycles. The molecular weight excluding hydrogens is 259 g/mol. The number of carbonyl (C=O) groups excluding carboxylic acids is 1. The first-order chi connectivity index (χ1) is 9.70. The molecule has 2 aliphatic rings. The third kappa shape index (κ3) is 2.03. The second-order valence-electron chi connectivity index (χ2n) is 4.70. The van der Waals surface area contributed by atoms with Gasteiger partial charge in [-0.25, -0.2) is 4.39 Å². The van der Waals surface area contributed by atoms with Crippen LogP contribution in [0.4, 0.5) is 10.1 Å². The van der Waals surface area contributed by atoms with Gasteiger partial charge in [-0.05, 0) is 24.6 Å². The van der Waals surface area contributed by atoms with Crippen LogP contribution in [-0.4, -0.2) is 22.8 Å². The number of carbonyl (C=O) groups is 1. The molecule has 1 amide bonds. The molecule has 1 atom stereocenters. The van der Waals surface area contributed by atoms with Crippen molar-refractivity contribution in [2.24, 2.45) is 5.10 Å². The molecule has 0 bridgehead atoms. The maximum absolute atomic E-state index is 13.3. The molecule has 3 rings (SSSR count). The normalized spacial score (nSPS) is 20.8. The Balaban J connectivity index is 1.87. The minimum Gasteiger partial charge on any atom is -0.303 e. The van der Waals surface area contributed by atoms with Gasteiger partial charge in [0.1, 0.15) is 11.7 Å². The number of nitrogens with one attached hydrogen (secondary N) is 1. The number of halogens is 1. The average molecular weight is 274 g/mol. The number of rotatable bonds is 3. The Morgan fingerprint density at radius 3 is 3.00 bits per heavy atom. The van der Waals surface area contributed by atoms with Crippen molar-refractivity contribution in [2.75, 3.05) is 4.90 Å². The number of nitrogens with zero attached hydrogens (tertiary/aromatic N) is 3. The van der Waals surface area contributed by atoms with Crippen LogP contribution in [0.15, 0.2) is 41.8 Å². The van der Waals surface area contributed by atoms with E-state index < -0.39 is 6.17 Å². The molecule has 104 valence electrons. The summed E-state index contributed by atoms with van der Waals surface area (Å²) in [6.07, 6.45) is 4.67. The van der Waals surface area contributed by atoms with Gasteiger partial charge in [-0.2, -0.15) is 5.10 Å². The first kappa shape index (κ1) is 12.7. The van der Waals surface area contributed by atoms with Crippen LogP contribution in [0.3, 0.4) is 0 Å². The summed E-state index contributed by atoms with van der Waals surface area (Å²) in [6, 6.07) is 5.97. The first-order valence-corrected chi connectivity index (χ1v) is 6.58. The molecular formula is C14H15FN4O. The highest BCUT2D eigenvalue weighted by atomic mass is 19.1.